The number of amides is 1. The van der Waals surface area contributed by atoms with Gasteiger partial charge in [0.05, 0.1) is 7.11 Å². The monoisotopic (exact) mass is 348 g/mol. The fourth-order valence-corrected chi connectivity index (χ4v) is 2.03. The van der Waals surface area contributed by atoms with E-state index in [0.717, 1.165) is 4.47 Å². The highest BCUT2D eigenvalue weighted by atomic mass is 79.9. The summed E-state index contributed by atoms with van der Waals surface area (Å²) in [5, 5.41) is 2.66. The van der Waals surface area contributed by atoms with Crippen LogP contribution in [0.2, 0.25) is 0 Å². The van der Waals surface area contributed by atoms with Crippen molar-refractivity contribution in [1.82, 2.24) is 10.3 Å². The zero-order chi connectivity index (χ0) is 15.2. The van der Waals surface area contributed by atoms with Crippen molar-refractivity contribution in [3.8, 4) is 0 Å². The molecule has 0 unspecified atom stereocenters. The number of benzene rings is 1. The van der Waals surface area contributed by atoms with E-state index in [0.29, 0.717) is 11.1 Å². The van der Waals surface area contributed by atoms with Gasteiger partial charge in [-0.3, -0.25) is 9.78 Å². The predicted molar refractivity (Wildman–Crippen MR) is 80.6 cm³/mol. The Hall–Kier alpha value is -2.21. The minimum Gasteiger partial charge on any atom is -0.467 e. The lowest BCUT2D eigenvalue weighted by Gasteiger charge is -2.17. The lowest BCUT2D eigenvalue weighted by molar-refractivity contribution is -0.143. The summed E-state index contributed by atoms with van der Waals surface area (Å²) in [5.74, 6) is -0.893. The van der Waals surface area contributed by atoms with Gasteiger partial charge in [0.25, 0.3) is 5.91 Å². The van der Waals surface area contributed by atoms with E-state index in [-0.39, 0.29) is 5.91 Å². The number of rotatable bonds is 4. The van der Waals surface area contributed by atoms with Gasteiger partial charge >= 0.3 is 5.97 Å². The second-order valence-electron chi connectivity index (χ2n) is 4.22. The minimum absolute atomic E-state index is 0.365. The first-order valence-corrected chi connectivity index (χ1v) is 6.95. The van der Waals surface area contributed by atoms with Crippen molar-refractivity contribution in [3.05, 3.63) is 64.4 Å². The topological polar surface area (TPSA) is 68.3 Å². The van der Waals surface area contributed by atoms with Crippen LogP contribution in [0.1, 0.15) is 22.0 Å². The molecule has 6 heteroatoms. The van der Waals surface area contributed by atoms with Crippen LogP contribution in [0, 0.1) is 0 Å². The van der Waals surface area contributed by atoms with E-state index in [1.54, 1.807) is 36.4 Å². The number of nitrogens with one attached hydrogen (secondary N) is 1. The highest BCUT2D eigenvalue weighted by Crippen LogP contribution is 2.18. The third-order valence-electron chi connectivity index (χ3n) is 2.86. The average molecular weight is 349 g/mol. The number of carbonyl (C=O) groups is 2. The summed E-state index contributed by atoms with van der Waals surface area (Å²) < 4.78 is 5.64. The molecule has 0 saturated carbocycles. The van der Waals surface area contributed by atoms with Gasteiger partial charge in [-0.05, 0) is 29.8 Å². The number of esters is 1. The standard InChI is InChI=1S/C15H13BrN2O3/c1-21-15(20)13(10-2-4-12(16)5-3-10)18-14(19)11-6-8-17-9-7-11/h2-9,13H,1H3,(H,18,19)/t13-/m0/s1. The van der Waals surface area contributed by atoms with Crippen molar-refractivity contribution in [2.45, 2.75) is 6.04 Å². The minimum atomic E-state index is -0.858. The van der Waals surface area contributed by atoms with Crippen molar-refractivity contribution in [2.75, 3.05) is 7.11 Å². The molecule has 21 heavy (non-hydrogen) atoms. The molecule has 108 valence electrons. The Kier molecular flexibility index (Phi) is 5.05. The predicted octanol–water partition coefficient (Wildman–Crippen LogP) is 2.49. The quantitative estimate of drug-likeness (QED) is 0.862. The number of pyridine rings is 1. The van der Waals surface area contributed by atoms with Crippen LogP contribution in [0.4, 0.5) is 0 Å². The summed E-state index contributed by atoms with van der Waals surface area (Å²) in [6, 6.07) is 9.38. The number of hydrogen-bond donors (Lipinski definition) is 1. The fourth-order valence-electron chi connectivity index (χ4n) is 1.77. The Bertz CT molecular complexity index is 629. The average Bonchev–Trinajstić information content (AvgIpc) is 2.53. The molecule has 0 fully saturated rings. The maximum absolute atomic E-state index is 12.2. The van der Waals surface area contributed by atoms with E-state index in [1.165, 1.54) is 19.5 Å². The van der Waals surface area contributed by atoms with Crippen LogP contribution < -0.4 is 5.32 Å². The van der Waals surface area contributed by atoms with E-state index in [2.05, 4.69) is 26.2 Å². The fraction of sp³-hybridized carbons (Fsp3) is 0.133. The number of methoxy groups -OCH3 is 1. The number of nitrogens with zero attached hydrogens (tertiary/aromatic N) is 1. The van der Waals surface area contributed by atoms with Gasteiger partial charge in [0.1, 0.15) is 0 Å². The number of halogens is 1. The molecule has 0 aliphatic carbocycles. The molecule has 0 aliphatic heterocycles. The van der Waals surface area contributed by atoms with Crippen LogP contribution in [0.25, 0.3) is 0 Å². The van der Waals surface area contributed by atoms with Crippen LogP contribution >= 0.6 is 15.9 Å². The van der Waals surface area contributed by atoms with Gasteiger partial charge in [0, 0.05) is 22.4 Å². The molecule has 5 nitrogen and oxygen atoms in total. The summed E-state index contributed by atoms with van der Waals surface area (Å²) in [5.41, 5.74) is 1.07. The molecule has 0 aliphatic rings. The molecule has 1 aromatic carbocycles. The third-order valence-corrected chi connectivity index (χ3v) is 3.39. The molecule has 1 aromatic heterocycles. The Labute approximate surface area is 130 Å². The molecule has 1 N–H and O–H groups in total. The van der Waals surface area contributed by atoms with Gasteiger partial charge in [-0.1, -0.05) is 28.1 Å². The molecule has 1 heterocycles. The van der Waals surface area contributed by atoms with Crippen LogP contribution in [-0.4, -0.2) is 24.0 Å². The number of aromatic nitrogens is 1. The Morgan fingerprint density at radius 3 is 2.33 bits per heavy atom. The largest absolute Gasteiger partial charge is 0.467 e. The second-order valence-corrected chi connectivity index (χ2v) is 5.13. The first-order valence-electron chi connectivity index (χ1n) is 6.16. The summed E-state index contributed by atoms with van der Waals surface area (Å²) in [6.45, 7) is 0. The Morgan fingerprint density at radius 1 is 1.14 bits per heavy atom. The molecule has 0 bridgehead atoms. The number of carbonyl (C=O) groups excluding carboxylic acids is 2. The Balaban J connectivity index is 2.23. The van der Waals surface area contributed by atoms with Crippen molar-refractivity contribution < 1.29 is 14.3 Å². The normalized spacial score (nSPS) is 11.5. The van der Waals surface area contributed by atoms with Gasteiger partial charge in [-0.15, -0.1) is 0 Å². The van der Waals surface area contributed by atoms with Crippen LogP contribution in [0.3, 0.4) is 0 Å². The third kappa shape index (κ3) is 3.88. The second kappa shape index (κ2) is 6.99. The van der Waals surface area contributed by atoms with E-state index in [9.17, 15) is 9.59 Å². The number of ether oxygens (including phenoxy) is 1. The van der Waals surface area contributed by atoms with Gasteiger partial charge < -0.3 is 10.1 Å². The maximum atomic E-state index is 12.2. The summed E-state index contributed by atoms with van der Waals surface area (Å²) in [6.07, 6.45) is 3.03. The van der Waals surface area contributed by atoms with E-state index in [1.807, 2.05) is 0 Å². The zero-order valence-corrected chi connectivity index (χ0v) is 12.8. The van der Waals surface area contributed by atoms with E-state index in [4.69, 9.17) is 4.74 Å². The molecule has 0 spiro atoms. The van der Waals surface area contributed by atoms with Gasteiger partial charge in [0.15, 0.2) is 6.04 Å². The van der Waals surface area contributed by atoms with Crippen LogP contribution in [0.15, 0.2) is 53.3 Å². The van der Waals surface area contributed by atoms with Crippen molar-refractivity contribution in [2.24, 2.45) is 0 Å². The smallest absolute Gasteiger partial charge is 0.333 e. The molecule has 2 aromatic rings. The molecule has 0 saturated heterocycles. The molecule has 0 radical (unpaired) electrons. The summed E-state index contributed by atoms with van der Waals surface area (Å²) in [4.78, 5) is 27.9. The van der Waals surface area contributed by atoms with Crippen LogP contribution in [0.5, 0.6) is 0 Å². The van der Waals surface area contributed by atoms with Crippen molar-refractivity contribution in [1.29, 1.82) is 0 Å². The number of hydrogen-bond acceptors (Lipinski definition) is 4. The van der Waals surface area contributed by atoms with Crippen molar-refractivity contribution >= 4 is 27.8 Å². The molecule has 1 amide bonds. The van der Waals surface area contributed by atoms with Gasteiger partial charge in [0.2, 0.25) is 0 Å². The summed E-state index contributed by atoms with van der Waals surface area (Å²) >= 11 is 3.33. The van der Waals surface area contributed by atoms with E-state index >= 15 is 0 Å². The first kappa shape index (κ1) is 15.2. The molecular formula is C15H13BrN2O3. The van der Waals surface area contributed by atoms with Crippen LogP contribution in [-0.2, 0) is 9.53 Å². The van der Waals surface area contributed by atoms with Gasteiger partial charge in [-0.2, -0.15) is 0 Å². The lowest BCUT2D eigenvalue weighted by atomic mass is 10.1. The molecular weight excluding hydrogens is 336 g/mol. The lowest BCUT2D eigenvalue weighted by Crippen LogP contribution is -2.34. The van der Waals surface area contributed by atoms with Gasteiger partial charge in [-0.25, -0.2) is 4.79 Å². The molecule has 2 rings (SSSR count). The SMILES string of the molecule is COC(=O)[C@@H](NC(=O)c1ccncc1)c1ccc(Br)cc1. The molecule has 1 atom stereocenters. The first-order chi connectivity index (χ1) is 10.1. The van der Waals surface area contributed by atoms with E-state index < -0.39 is 12.0 Å². The zero-order valence-electron chi connectivity index (χ0n) is 11.2. The Morgan fingerprint density at radius 2 is 1.76 bits per heavy atom. The van der Waals surface area contributed by atoms with Crippen molar-refractivity contribution in [3.63, 3.8) is 0 Å². The summed E-state index contributed by atoms with van der Waals surface area (Å²) in [7, 11) is 1.28. The maximum Gasteiger partial charge on any atom is 0.333 e. The highest BCUT2D eigenvalue weighted by molar-refractivity contribution is 9.10. The highest BCUT2D eigenvalue weighted by Gasteiger charge is 2.24.